The van der Waals surface area contributed by atoms with E-state index >= 15 is 0 Å². The maximum Gasteiger partial charge on any atom is 0.222 e. The van der Waals surface area contributed by atoms with Crippen LogP contribution in [0.5, 0.6) is 0 Å². The van der Waals surface area contributed by atoms with E-state index in [-0.39, 0.29) is 5.91 Å². The average molecular weight is 372 g/mol. The van der Waals surface area contributed by atoms with Gasteiger partial charge in [-0.25, -0.2) is 0 Å². The molecule has 0 atom stereocenters. The predicted octanol–water partition coefficient (Wildman–Crippen LogP) is 4.74. The lowest BCUT2D eigenvalue weighted by Gasteiger charge is -2.33. The van der Waals surface area contributed by atoms with Crippen LogP contribution in [0.1, 0.15) is 79.1 Å². The van der Waals surface area contributed by atoms with E-state index in [0.29, 0.717) is 6.42 Å². The summed E-state index contributed by atoms with van der Waals surface area (Å²) in [6.45, 7) is 11.2. The molecular formula is C22H49N3O. The van der Waals surface area contributed by atoms with Crippen molar-refractivity contribution < 1.29 is 4.79 Å². The van der Waals surface area contributed by atoms with E-state index in [4.69, 9.17) is 0 Å². The molecule has 0 bridgehead atoms. The van der Waals surface area contributed by atoms with Gasteiger partial charge in [-0.15, -0.1) is 0 Å². The fraction of sp³-hybridized carbons (Fsp3) is 0.955. The molecule has 0 aromatic heterocycles. The molecule has 0 unspecified atom stereocenters. The van der Waals surface area contributed by atoms with E-state index in [1.165, 1.54) is 51.6 Å². The van der Waals surface area contributed by atoms with Crippen LogP contribution in [-0.4, -0.2) is 75.0 Å². The highest BCUT2D eigenvalue weighted by molar-refractivity contribution is 5.75. The topological polar surface area (TPSA) is 26.8 Å². The van der Waals surface area contributed by atoms with Gasteiger partial charge in [0.25, 0.3) is 0 Å². The average Bonchev–Trinajstić information content (AvgIpc) is 3.12. The zero-order chi connectivity index (χ0) is 20.5. The molecule has 1 saturated carbocycles. The Kier molecular flexibility index (Phi) is 18.9. The Labute approximate surface area is 165 Å². The number of carbonyl (C=O) groups is 1. The van der Waals surface area contributed by atoms with Crippen LogP contribution in [0.4, 0.5) is 0 Å². The Hall–Kier alpha value is -0.610. The number of amides is 1. The Morgan fingerprint density at radius 3 is 1.65 bits per heavy atom. The van der Waals surface area contributed by atoms with Gasteiger partial charge in [-0.1, -0.05) is 27.7 Å². The second-order valence-corrected chi connectivity index (χ2v) is 8.04. The zero-order valence-electron chi connectivity index (χ0n) is 19.5. The first-order chi connectivity index (χ1) is 12.3. The molecule has 2 fully saturated rings. The number of hydrogen-bond donors (Lipinski definition) is 0. The minimum Gasteiger partial charge on any atom is -0.349 e. The monoisotopic (exact) mass is 371 g/mol. The molecule has 0 N–H and O–H groups in total. The highest BCUT2D eigenvalue weighted by Crippen LogP contribution is 2.28. The maximum absolute atomic E-state index is 10.7. The summed E-state index contributed by atoms with van der Waals surface area (Å²) in [6.07, 6.45) is 10.4. The molecule has 26 heavy (non-hydrogen) atoms. The van der Waals surface area contributed by atoms with Crippen molar-refractivity contribution in [3.8, 4) is 0 Å². The smallest absolute Gasteiger partial charge is 0.222 e. The van der Waals surface area contributed by atoms with Crippen LogP contribution in [0.2, 0.25) is 0 Å². The van der Waals surface area contributed by atoms with Crippen molar-refractivity contribution in [2.45, 2.75) is 85.1 Å². The van der Waals surface area contributed by atoms with E-state index in [1.807, 2.05) is 46.8 Å². The summed E-state index contributed by atoms with van der Waals surface area (Å²) in [5.41, 5.74) is 0. The van der Waals surface area contributed by atoms with E-state index in [9.17, 15) is 4.79 Å². The summed E-state index contributed by atoms with van der Waals surface area (Å²) >= 11 is 0. The van der Waals surface area contributed by atoms with Gasteiger partial charge >= 0.3 is 0 Å². The molecule has 1 amide bonds. The molecule has 158 valence electrons. The molecule has 4 nitrogen and oxygen atoms in total. The summed E-state index contributed by atoms with van der Waals surface area (Å²) in [4.78, 5) is 17.0. The highest BCUT2D eigenvalue weighted by atomic mass is 16.2. The lowest BCUT2D eigenvalue weighted by molar-refractivity contribution is -0.128. The zero-order valence-corrected chi connectivity index (χ0v) is 19.5. The van der Waals surface area contributed by atoms with Crippen molar-refractivity contribution in [3.05, 3.63) is 0 Å². The summed E-state index contributed by atoms with van der Waals surface area (Å²) in [7, 11) is 9.55. The molecule has 0 aromatic rings. The second-order valence-electron chi connectivity index (χ2n) is 8.04. The van der Waals surface area contributed by atoms with E-state index in [2.05, 4.69) is 11.8 Å². The third-order valence-corrected chi connectivity index (χ3v) is 4.61. The lowest BCUT2D eigenvalue weighted by atomic mass is 9.87. The molecule has 1 saturated heterocycles. The van der Waals surface area contributed by atoms with Crippen LogP contribution >= 0.6 is 0 Å². The Balaban J connectivity index is 0. The number of rotatable bonds is 3. The van der Waals surface area contributed by atoms with Crippen LogP contribution in [-0.2, 0) is 4.79 Å². The third-order valence-electron chi connectivity index (χ3n) is 4.61. The summed E-state index contributed by atoms with van der Waals surface area (Å²) in [5, 5.41) is 0. The lowest BCUT2D eigenvalue weighted by Crippen LogP contribution is -2.35. The summed E-state index contributed by atoms with van der Waals surface area (Å²) in [6, 6.07) is 0.962. The van der Waals surface area contributed by atoms with Gasteiger partial charge in [0.05, 0.1) is 0 Å². The Bertz CT molecular complexity index is 302. The largest absolute Gasteiger partial charge is 0.349 e. The molecule has 1 aliphatic heterocycles. The van der Waals surface area contributed by atoms with E-state index < -0.39 is 0 Å². The minimum absolute atomic E-state index is 0.215. The van der Waals surface area contributed by atoms with Crippen molar-refractivity contribution in [2.75, 3.05) is 48.3 Å². The van der Waals surface area contributed by atoms with Crippen LogP contribution in [0.15, 0.2) is 0 Å². The first kappa shape index (κ1) is 27.6. The van der Waals surface area contributed by atoms with Crippen molar-refractivity contribution in [1.82, 2.24) is 14.7 Å². The van der Waals surface area contributed by atoms with Crippen molar-refractivity contribution in [1.29, 1.82) is 0 Å². The molecule has 0 spiro atoms. The Morgan fingerprint density at radius 2 is 1.35 bits per heavy atom. The summed E-state index contributed by atoms with van der Waals surface area (Å²) < 4.78 is 0. The van der Waals surface area contributed by atoms with E-state index in [0.717, 1.165) is 18.4 Å². The Morgan fingerprint density at radius 1 is 0.923 bits per heavy atom. The minimum atomic E-state index is 0.215. The van der Waals surface area contributed by atoms with Gasteiger partial charge in [0, 0.05) is 26.6 Å². The van der Waals surface area contributed by atoms with Crippen LogP contribution in [0, 0.1) is 5.92 Å². The standard InChI is InChI=1S/C11H21N.C6H13NO.C3H9N.C2H6/c1-10-4-6-11(7-5-10)12-8-2-3-9-12;1-4-5-6(8)7(2)3;1-4(2)3;1-2/h10-11H,2-9H2,1H3;4-5H2,1-3H3;1-3H3;1-2H3. The molecule has 0 radical (unpaired) electrons. The van der Waals surface area contributed by atoms with Crippen molar-refractivity contribution >= 4 is 5.91 Å². The normalized spacial score (nSPS) is 22.2. The van der Waals surface area contributed by atoms with Gasteiger partial charge < -0.3 is 14.7 Å². The molecule has 4 heteroatoms. The first-order valence-corrected chi connectivity index (χ1v) is 10.8. The first-order valence-electron chi connectivity index (χ1n) is 10.8. The summed E-state index contributed by atoms with van der Waals surface area (Å²) in [5.74, 6) is 1.22. The van der Waals surface area contributed by atoms with E-state index in [1.54, 1.807) is 19.0 Å². The maximum atomic E-state index is 10.7. The van der Waals surface area contributed by atoms with Crippen LogP contribution in [0.25, 0.3) is 0 Å². The van der Waals surface area contributed by atoms with Gasteiger partial charge in [0.15, 0.2) is 0 Å². The molecule has 2 aliphatic rings. The predicted molar refractivity (Wildman–Crippen MR) is 117 cm³/mol. The SMILES string of the molecule is CC.CC1CCC(N2CCCC2)CC1.CCCC(=O)N(C)C.CN(C)C. The fourth-order valence-electron chi connectivity index (χ4n) is 3.15. The van der Waals surface area contributed by atoms with Gasteiger partial charge in [0.1, 0.15) is 0 Å². The molecule has 0 aromatic carbocycles. The van der Waals surface area contributed by atoms with Gasteiger partial charge in [-0.2, -0.15) is 0 Å². The van der Waals surface area contributed by atoms with Gasteiger partial charge in [0.2, 0.25) is 5.91 Å². The number of hydrogen-bond acceptors (Lipinski definition) is 3. The van der Waals surface area contributed by atoms with Crippen LogP contribution < -0.4 is 0 Å². The van der Waals surface area contributed by atoms with Crippen LogP contribution in [0.3, 0.4) is 0 Å². The van der Waals surface area contributed by atoms with Gasteiger partial charge in [-0.05, 0) is 85.1 Å². The van der Waals surface area contributed by atoms with Crippen molar-refractivity contribution in [2.24, 2.45) is 5.92 Å². The molecule has 2 rings (SSSR count). The highest BCUT2D eigenvalue weighted by Gasteiger charge is 2.25. The van der Waals surface area contributed by atoms with Gasteiger partial charge in [-0.3, -0.25) is 4.79 Å². The number of nitrogens with zero attached hydrogens (tertiary/aromatic N) is 3. The quantitative estimate of drug-likeness (QED) is 0.717. The fourth-order valence-corrected chi connectivity index (χ4v) is 3.15. The molecule has 1 aliphatic carbocycles. The molecule has 1 heterocycles. The molecular weight excluding hydrogens is 322 g/mol. The third kappa shape index (κ3) is 15.6. The number of likely N-dealkylation sites (tertiary alicyclic amines) is 1. The van der Waals surface area contributed by atoms with Crippen molar-refractivity contribution in [3.63, 3.8) is 0 Å². The number of carbonyl (C=O) groups excluding carboxylic acids is 1. The second kappa shape index (κ2) is 17.8.